The van der Waals surface area contributed by atoms with Crippen molar-refractivity contribution in [1.82, 2.24) is 0 Å². The normalized spacial score (nSPS) is 27.8. The molecule has 0 radical (unpaired) electrons. The second-order valence-corrected chi connectivity index (χ2v) is 5.00. The number of unbranched alkanes of at least 4 members (excludes halogenated alkanes) is 1. The van der Waals surface area contributed by atoms with E-state index in [1.807, 2.05) is 0 Å². The van der Waals surface area contributed by atoms with Crippen molar-refractivity contribution in [2.75, 3.05) is 6.61 Å². The summed E-state index contributed by atoms with van der Waals surface area (Å²) < 4.78 is 11.6. The maximum absolute atomic E-state index is 11.5. The van der Waals surface area contributed by atoms with Crippen molar-refractivity contribution in [2.24, 2.45) is 0 Å². The van der Waals surface area contributed by atoms with Crippen LogP contribution in [0.3, 0.4) is 0 Å². The molecule has 2 unspecified atom stereocenters. The Bertz CT molecular complexity index is 275. The van der Waals surface area contributed by atoms with Gasteiger partial charge in [0.2, 0.25) is 0 Å². The molecule has 3 nitrogen and oxygen atoms in total. The SMILES string of the molecule is C=CC(=O)OC1(CC)CCCCC1OCCCC. The summed E-state index contributed by atoms with van der Waals surface area (Å²) in [6, 6.07) is 0. The van der Waals surface area contributed by atoms with E-state index >= 15 is 0 Å². The topological polar surface area (TPSA) is 35.5 Å². The van der Waals surface area contributed by atoms with E-state index < -0.39 is 5.60 Å². The first-order valence-electron chi connectivity index (χ1n) is 7.15. The number of carbonyl (C=O) groups is 1. The van der Waals surface area contributed by atoms with Gasteiger partial charge >= 0.3 is 5.97 Å². The van der Waals surface area contributed by atoms with Crippen LogP contribution in [0.15, 0.2) is 12.7 Å². The summed E-state index contributed by atoms with van der Waals surface area (Å²) in [5.41, 5.74) is -0.433. The molecule has 0 aromatic carbocycles. The van der Waals surface area contributed by atoms with E-state index in [2.05, 4.69) is 20.4 Å². The number of esters is 1. The first kappa shape index (κ1) is 15.2. The lowest BCUT2D eigenvalue weighted by Crippen LogP contribution is -2.49. The molecule has 1 fully saturated rings. The number of carbonyl (C=O) groups excluding carboxylic acids is 1. The van der Waals surface area contributed by atoms with Gasteiger partial charge < -0.3 is 9.47 Å². The molecule has 0 saturated heterocycles. The van der Waals surface area contributed by atoms with Crippen LogP contribution in [-0.2, 0) is 14.3 Å². The Morgan fingerprint density at radius 1 is 1.44 bits per heavy atom. The highest BCUT2D eigenvalue weighted by atomic mass is 16.6. The maximum Gasteiger partial charge on any atom is 0.330 e. The molecule has 0 amide bonds. The largest absolute Gasteiger partial charge is 0.453 e. The van der Waals surface area contributed by atoms with E-state index in [1.54, 1.807) is 0 Å². The van der Waals surface area contributed by atoms with Gasteiger partial charge in [0.1, 0.15) is 5.60 Å². The van der Waals surface area contributed by atoms with Crippen LogP contribution >= 0.6 is 0 Å². The van der Waals surface area contributed by atoms with E-state index in [9.17, 15) is 4.79 Å². The maximum atomic E-state index is 11.5. The first-order chi connectivity index (χ1) is 8.68. The molecule has 0 aromatic heterocycles. The Kier molecular flexibility index (Phi) is 6.41. The highest BCUT2D eigenvalue weighted by molar-refractivity contribution is 5.81. The summed E-state index contributed by atoms with van der Waals surface area (Å²) in [7, 11) is 0. The molecule has 0 bridgehead atoms. The zero-order valence-corrected chi connectivity index (χ0v) is 11.7. The molecule has 1 aliphatic carbocycles. The summed E-state index contributed by atoms with van der Waals surface area (Å²) in [6.07, 6.45) is 8.44. The minimum atomic E-state index is -0.433. The number of ether oxygens (including phenoxy) is 2. The van der Waals surface area contributed by atoms with Gasteiger partial charge in [-0.05, 0) is 32.1 Å². The molecule has 3 heteroatoms. The zero-order chi connectivity index (χ0) is 13.4. The van der Waals surface area contributed by atoms with Gasteiger partial charge in [-0.25, -0.2) is 4.79 Å². The van der Waals surface area contributed by atoms with Crippen LogP contribution in [0.4, 0.5) is 0 Å². The van der Waals surface area contributed by atoms with E-state index in [0.29, 0.717) is 0 Å². The second-order valence-electron chi connectivity index (χ2n) is 5.00. The Hall–Kier alpha value is -0.830. The van der Waals surface area contributed by atoms with Crippen molar-refractivity contribution in [3.8, 4) is 0 Å². The van der Waals surface area contributed by atoms with Gasteiger partial charge in [0.25, 0.3) is 0 Å². The van der Waals surface area contributed by atoms with E-state index in [0.717, 1.165) is 51.6 Å². The molecule has 104 valence electrons. The molecule has 0 N–H and O–H groups in total. The third kappa shape index (κ3) is 3.84. The minimum absolute atomic E-state index is 0.0479. The third-order valence-corrected chi connectivity index (χ3v) is 3.79. The van der Waals surface area contributed by atoms with Crippen LogP contribution in [0.25, 0.3) is 0 Å². The summed E-state index contributed by atoms with van der Waals surface area (Å²) in [5.74, 6) is -0.331. The van der Waals surface area contributed by atoms with Crippen LogP contribution in [0.2, 0.25) is 0 Å². The molecule has 0 heterocycles. The lowest BCUT2D eigenvalue weighted by Gasteiger charge is -2.42. The summed E-state index contributed by atoms with van der Waals surface area (Å²) >= 11 is 0. The van der Waals surface area contributed by atoms with Gasteiger partial charge in [-0.15, -0.1) is 0 Å². The Labute approximate surface area is 111 Å². The van der Waals surface area contributed by atoms with Crippen molar-refractivity contribution in [3.63, 3.8) is 0 Å². The molecular weight excluding hydrogens is 228 g/mol. The fraction of sp³-hybridized carbons (Fsp3) is 0.800. The Morgan fingerprint density at radius 2 is 2.22 bits per heavy atom. The molecule has 2 atom stereocenters. The summed E-state index contributed by atoms with van der Waals surface area (Å²) in [4.78, 5) is 11.5. The smallest absolute Gasteiger partial charge is 0.330 e. The lowest BCUT2D eigenvalue weighted by atomic mass is 9.80. The van der Waals surface area contributed by atoms with Crippen molar-refractivity contribution >= 4 is 5.97 Å². The van der Waals surface area contributed by atoms with Gasteiger partial charge in [0, 0.05) is 12.7 Å². The van der Waals surface area contributed by atoms with Gasteiger partial charge in [-0.2, -0.15) is 0 Å². The van der Waals surface area contributed by atoms with Crippen LogP contribution in [-0.4, -0.2) is 24.3 Å². The molecule has 0 aliphatic heterocycles. The van der Waals surface area contributed by atoms with Crippen LogP contribution < -0.4 is 0 Å². The number of hydrogen-bond donors (Lipinski definition) is 0. The Morgan fingerprint density at radius 3 is 2.83 bits per heavy atom. The van der Waals surface area contributed by atoms with Crippen LogP contribution in [0, 0.1) is 0 Å². The fourth-order valence-electron chi connectivity index (χ4n) is 2.62. The highest BCUT2D eigenvalue weighted by Crippen LogP contribution is 2.37. The predicted molar refractivity (Wildman–Crippen MR) is 72.4 cm³/mol. The lowest BCUT2D eigenvalue weighted by molar-refractivity contribution is -0.183. The summed E-state index contributed by atoms with van der Waals surface area (Å²) in [5, 5.41) is 0. The molecule has 18 heavy (non-hydrogen) atoms. The average Bonchev–Trinajstić information content (AvgIpc) is 2.40. The molecule has 1 aliphatic rings. The van der Waals surface area contributed by atoms with Crippen molar-refractivity contribution < 1.29 is 14.3 Å². The quantitative estimate of drug-likeness (QED) is 0.395. The summed E-state index contributed by atoms with van der Waals surface area (Å²) in [6.45, 7) is 8.45. The molecule has 1 rings (SSSR count). The predicted octanol–water partition coefficient (Wildman–Crippen LogP) is 3.62. The van der Waals surface area contributed by atoms with Gasteiger partial charge in [0.05, 0.1) is 6.10 Å². The first-order valence-corrected chi connectivity index (χ1v) is 7.15. The van der Waals surface area contributed by atoms with Crippen LogP contribution in [0.5, 0.6) is 0 Å². The van der Waals surface area contributed by atoms with E-state index in [4.69, 9.17) is 9.47 Å². The second kappa shape index (κ2) is 7.57. The van der Waals surface area contributed by atoms with E-state index in [1.165, 1.54) is 6.08 Å². The molecule has 0 aromatic rings. The molecule has 0 spiro atoms. The number of hydrogen-bond acceptors (Lipinski definition) is 3. The van der Waals surface area contributed by atoms with Crippen LogP contribution in [0.1, 0.15) is 58.8 Å². The monoisotopic (exact) mass is 254 g/mol. The van der Waals surface area contributed by atoms with Crippen molar-refractivity contribution in [3.05, 3.63) is 12.7 Å². The van der Waals surface area contributed by atoms with Crippen molar-refractivity contribution in [2.45, 2.75) is 70.5 Å². The van der Waals surface area contributed by atoms with E-state index in [-0.39, 0.29) is 12.1 Å². The zero-order valence-electron chi connectivity index (χ0n) is 11.7. The van der Waals surface area contributed by atoms with Gasteiger partial charge in [-0.1, -0.05) is 33.3 Å². The average molecular weight is 254 g/mol. The number of rotatable bonds is 7. The van der Waals surface area contributed by atoms with Gasteiger partial charge in [0.15, 0.2) is 0 Å². The Balaban J connectivity index is 2.68. The standard InChI is InChI=1S/C15H26O3/c1-4-7-12-17-13-10-8-9-11-15(13,6-3)18-14(16)5-2/h5,13H,2,4,6-12H2,1,3H3. The fourth-order valence-corrected chi connectivity index (χ4v) is 2.62. The third-order valence-electron chi connectivity index (χ3n) is 3.79. The van der Waals surface area contributed by atoms with Crippen molar-refractivity contribution in [1.29, 1.82) is 0 Å². The highest BCUT2D eigenvalue weighted by Gasteiger charge is 2.43. The molecule has 1 saturated carbocycles. The van der Waals surface area contributed by atoms with Gasteiger partial charge in [-0.3, -0.25) is 0 Å². The minimum Gasteiger partial charge on any atom is -0.453 e. The molecular formula is C15H26O3.